The molecular formula is C25H24ClN5O3S. The highest BCUT2D eigenvalue weighted by Crippen LogP contribution is 2.34. The number of benzene rings is 3. The fourth-order valence-electron chi connectivity index (χ4n) is 3.44. The van der Waals surface area contributed by atoms with Crippen LogP contribution in [0.25, 0.3) is 0 Å². The Bertz CT molecular complexity index is 1450. The minimum absolute atomic E-state index is 0.0362. The molecule has 3 aromatic carbocycles. The zero-order valence-electron chi connectivity index (χ0n) is 18.9. The summed E-state index contributed by atoms with van der Waals surface area (Å²) in [5.41, 5.74) is 8.70. The van der Waals surface area contributed by atoms with Crippen LogP contribution in [0.3, 0.4) is 0 Å². The number of carbonyl (C=O) groups excluding carboxylic acids is 1. The highest BCUT2D eigenvalue weighted by atomic mass is 35.5. The maximum Gasteiger partial charge on any atom is 0.242 e. The minimum Gasteiger partial charge on any atom is -0.383 e. The lowest BCUT2D eigenvalue weighted by Gasteiger charge is -2.09. The van der Waals surface area contributed by atoms with Crippen molar-refractivity contribution in [3.8, 4) is 0 Å². The molecule has 4 aromatic rings. The smallest absolute Gasteiger partial charge is 0.242 e. The summed E-state index contributed by atoms with van der Waals surface area (Å²) in [7, 11) is -4.02. The third kappa shape index (κ3) is 5.47. The van der Waals surface area contributed by atoms with Crippen LogP contribution in [0.1, 0.15) is 11.1 Å². The molecule has 35 heavy (non-hydrogen) atoms. The molecule has 0 saturated heterocycles. The molecule has 0 spiro atoms. The molecule has 1 aromatic heterocycles. The van der Waals surface area contributed by atoms with E-state index < -0.39 is 15.7 Å². The third-order valence-electron chi connectivity index (χ3n) is 5.31. The van der Waals surface area contributed by atoms with Crippen molar-refractivity contribution in [1.29, 1.82) is 0 Å². The summed E-state index contributed by atoms with van der Waals surface area (Å²) in [5.74, 6) is -0.505. The number of carbonyl (C=O) groups is 1. The van der Waals surface area contributed by atoms with Crippen LogP contribution in [0.2, 0.25) is 5.02 Å². The first-order valence-corrected chi connectivity index (χ1v) is 12.6. The van der Waals surface area contributed by atoms with Crippen LogP contribution in [0.5, 0.6) is 0 Å². The van der Waals surface area contributed by atoms with Gasteiger partial charge in [-0.15, -0.1) is 0 Å². The van der Waals surface area contributed by atoms with Gasteiger partial charge in [-0.1, -0.05) is 65.7 Å². The molecule has 4 N–H and O–H groups in total. The third-order valence-corrected chi connectivity index (χ3v) is 7.51. The van der Waals surface area contributed by atoms with Crippen molar-refractivity contribution >= 4 is 44.7 Å². The summed E-state index contributed by atoms with van der Waals surface area (Å²) in [5, 5.41) is 10.7. The van der Waals surface area contributed by atoms with Gasteiger partial charge in [0.25, 0.3) is 0 Å². The minimum atomic E-state index is -4.02. The Morgan fingerprint density at radius 2 is 1.66 bits per heavy atom. The SMILES string of the molecule is Cc1ccc(Nc2nn(CC(=O)NCc3ccccc3Cl)c(N)c2S(=O)(=O)c2ccccc2)cc1. The van der Waals surface area contributed by atoms with E-state index in [4.69, 9.17) is 17.3 Å². The van der Waals surface area contributed by atoms with Crippen LogP contribution >= 0.6 is 11.6 Å². The lowest BCUT2D eigenvalue weighted by atomic mass is 10.2. The molecule has 0 bridgehead atoms. The van der Waals surface area contributed by atoms with Gasteiger partial charge in [-0.25, -0.2) is 13.1 Å². The lowest BCUT2D eigenvalue weighted by molar-refractivity contribution is -0.122. The van der Waals surface area contributed by atoms with E-state index in [0.29, 0.717) is 10.7 Å². The molecule has 8 nitrogen and oxygen atoms in total. The summed E-state index contributed by atoms with van der Waals surface area (Å²) in [4.78, 5) is 12.5. The summed E-state index contributed by atoms with van der Waals surface area (Å²) in [6.07, 6.45) is 0. The number of sulfone groups is 1. The van der Waals surface area contributed by atoms with E-state index in [1.807, 2.05) is 25.1 Å². The molecule has 4 rings (SSSR count). The van der Waals surface area contributed by atoms with Gasteiger partial charge in [0.15, 0.2) is 10.7 Å². The number of nitrogen functional groups attached to an aromatic ring is 1. The highest BCUT2D eigenvalue weighted by Gasteiger charge is 2.30. The van der Waals surface area contributed by atoms with Gasteiger partial charge in [-0.05, 0) is 42.8 Å². The fourth-order valence-corrected chi connectivity index (χ4v) is 5.13. The molecule has 0 aliphatic carbocycles. The first-order valence-electron chi connectivity index (χ1n) is 10.8. The Morgan fingerprint density at radius 3 is 2.34 bits per heavy atom. The normalized spacial score (nSPS) is 11.3. The van der Waals surface area contributed by atoms with Gasteiger partial charge in [0, 0.05) is 17.3 Å². The topological polar surface area (TPSA) is 119 Å². The molecule has 0 saturated carbocycles. The molecule has 0 aliphatic rings. The standard InChI is InChI=1S/C25H24ClN5O3S/c1-17-11-13-19(14-12-17)29-25-23(35(33,34)20-8-3-2-4-9-20)24(27)31(30-25)16-22(32)28-15-18-7-5-6-10-21(18)26/h2-14H,15-16,27H2,1H3,(H,28,32)(H,29,30). The number of anilines is 3. The van der Waals surface area contributed by atoms with E-state index in [1.165, 1.54) is 16.8 Å². The number of amides is 1. The van der Waals surface area contributed by atoms with Crippen LogP contribution < -0.4 is 16.4 Å². The van der Waals surface area contributed by atoms with Gasteiger partial charge in [-0.2, -0.15) is 5.10 Å². The maximum absolute atomic E-state index is 13.5. The Hall–Kier alpha value is -3.82. The van der Waals surface area contributed by atoms with Crippen molar-refractivity contribution in [2.75, 3.05) is 11.1 Å². The van der Waals surface area contributed by atoms with E-state index in [0.717, 1.165) is 11.1 Å². The number of rotatable bonds is 8. The van der Waals surface area contributed by atoms with E-state index in [2.05, 4.69) is 15.7 Å². The van der Waals surface area contributed by atoms with Crippen molar-refractivity contribution in [3.05, 3.63) is 95.0 Å². The van der Waals surface area contributed by atoms with E-state index >= 15 is 0 Å². The fraction of sp³-hybridized carbons (Fsp3) is 0.120. The number of hydrogen-bond donors (Lipinski definition) is 3. The number of nitrogens with two attached hydrogens (primary N) is 1. The second-order valence-electron chi connectivity index (χ2n) is 7.90. The number of halogens is 1. The second kappa shape index (κ2) is 10.2. The van der Waals surface area contributed by atoms with Gasteiger partial charge in [0.05, 0.1) is 4.90 Å². The van der Waals surface area contributed by atoms with Gasteiger partial charge >= 0.3 is 0 Å². The Morgan fingerprint density at radius 1 is 1.00 bits per heavy atom. The predicted molar refractivity (Wildman–Crippen MR) is 136 cm³/mol. The van der Waals surface area contributed by atoms with Gasteiger partial charge in [0.1, 0.15) is 12.4 Å². The number of hydrogen-bond acceptors (Lipinski definition) is 6. The van der Waals surface area contributed by atoms with Gasteiger partial charge < -0.3 is 16.4 Å². The Kier molecular flexibility index (Phi) is 7.09. The number of aryl methyl sites for hydroxylation is 1. The van der Waals surface area contributed by atoms with Crippen molar-refractivity contribution in [1.82, 2.24) is 15.1 Å². The zero-order valence-corrected chi connectivity index (χ0v) is 20.5. The molecule has 180 valence electrons. The molecule has 0 atom stereocenters. The molecule has 1 heterocycles. The summed E-state index contributed by atoms with van der Waals surface area (Å²) >= 11 is 6.15. The summed E-state index contributed by atoms with van der Waals surface area (Å²) in [6, 6.07) is 22.5. The Balaban J connectivity index is 1.65. The average Bonchev–Trinajstić information content (AvgIpc) is 3.15. The molecule has 10 heteroatoms. The van der Waals surface area contributed by atoms with Crippen LogP contribution in [0.15, 0.2) is 88.7 Å². The molecule has 0 fully saturated rings. The second-order valence-corrected chi connectivity index (χ2v) is 10.2. The van der Waals surface area contributed by atoms with Crippen LogP contribution in [0, 0.1) is 6.92 Å². The quantitative estimate of drug-likeness (QED) is 0.325. The van der Waals surface area contributed by atoms with Crippen molar-refractivity contribution in [2.24, 2.45) is 0 Å². The summed E-state index contributed by atoms with van der Waals surface area (Å²) < 4.78 is 28.1. The Labute approximate surface area is 208 Å². The zero-order chi connectivity index (χ0) is 25.0. The summed E-state index contributed by atoms with van der Waals surface area (Å²) in [6.45, 7) is 1.88. The molecule has 1 amide bonds. The predicted octanol–water partition coefficient (Wildman–Crippen LogP) is 4.32. The highest BCUT2D eigenvalue weighted by molar-refractivity contribution is 7.91. The van der Waals surface area contributed by atoms with Crippen LogP contribution in [-0.2, 0) is 27.7 Å². The molecule has 0 unspecified atom stereocenters. The van der Waals surface area contributed by atoms with Crippen LogP contribution in [0.4, 0.5) is 17.3 Å². The van der Waals surface area contributed by atoms with Crippen molar-refractivity contribution in [3.63, 3.8) is 0 Å². The first-order chi connectivity index (χ1) is 16.8. The van der Waals surface area contributed by atoms with E-state index in [1.54, 1.807) is 48.5 Å². The van der Waals surface area contributed by atoms with Crippen LogP contribution in [-0.4, -0.2) is 24.1 Å². The molecular weight excluding hydrogens is 486 g/mol. The number of nitrogens with one attached hydrogen (secondary N) is 2. The molecule has 0 aliphatic heterocycles. The van der Waals surface area contributed by atoms with Gasteiger partial charge in [0.2, 0.25) is 15.7 Å². The monoisotopic (exact) mass is 509 g/mol. The van der Waals surface area contributed by atoms with Crippen molar-refractivity contribution < 1.29 is 13.2 Å². The first kappa shape index (κ1) is 24.3. The van der Waals surface area contributed by atoms with Gasteiger partial charge in [-0.3, -0.25) is 4.79 Å². The van der Waals surface area contributed by atoms with E-state index in [-0.39, 0.29) is 34.5 Å². The van der Waals surface area contributed by atoms with E-state index in [9.17, 15) is 13.2 Å². The largest absolute Gasteiger partial charge is 0.383 e. The number of aromatic nitrogens is 2. The average molecular weight is 510 g/mol. The lowest BCUT2D eigenvalue weighted by Crippen LogP contribution is -2.28. The maximum atomic E-state index is 13.5. The number of nitrogens with zero attached hydrogens (tertiary/aromatic N) is 2. The van der Waals surface area contributed by atoms with Crippen molar-refractivity contribution in [2.45, 2.75) is 29.8 Å². The molecule has 0 radical (unpaired) electrons.